The molecule has 3 nitrogen and oxygen atoms in total. The molecule has 4 rings (SSSR count). The Kier molecular flexibility index (Phi) is 3.21. The van der Waals surface area contributed by atoms with E-state index in [1.54, 1.807) is 0 Å². The maximum Gasteiger partial charge on any atom is 0.146 e. The number of hydrogen-bond acceptors (Lipinski definition) is 3. The minimum absolute atomic E-state index is 0.204. The van der Waals surface area contributed by atoms with Crippen LogP contribution in [0.15, 0.2) is 48.2 Å². The Morgan fingerprint density at radius 2 is 2.23 bits per heavy atom. The fourth-order valence-electron chi connectivity index (χ4n) is 4.18. The van der Waals surface area contributed by atoms with Crippen molar-refractivity contribution >= 4 is 5.94 Å². The summed E-state index contributed by atoms with van der Waals surface area (Å²) in [5.74, 6) is 2.43. The van der Waals surface area contributed by atoms with E-state index in [4.69, 9.17) is 4.74 Å². The van der Waals surface area contributed by atoms with Crippen molar-refractivity contribution in [3.63, 3.8) is 0 Å². The van der Waals surface area contributed by atoms with E-state index < -0.39 is 0 Å². The second kappa shape index (κ2) is 5.12. The molecule has 3 aliphatic rings. The first-order valence-corrected chi connectivity index (χ1v) is 8.14. The van der Waals surface area contributed by atoms with Gasteiger partial charge in [-0.2, -0.15) is 0 Å². The van der Waals surface area contributed by atoms with E-state index in [-0.39, 0.29) is 17.6 Å². The number of carbonyl (C=O) groups excluding carboxylic acids is 1. The summed E-state index contributed by atoms with van der Waals surface area (Å²) in [5.41, 5.74) is 1.92. The molecule has 0 aromatic heterocycles. The second-order valence-corrected chi connectivity index (χ2v) is 6.75. The number of nitrogens with zero attached hydrogens (tertiary/aromatic N) is 1. The highest BCUT2D eigenvalue weighted by Crippen LogP contribution is 2.52. The van der Waals surface area contributed by atoms with Crippen LogP contribution >= 0.6 is 0 Å². The van der Waals surface area contributed by atoms with Crippen LogP contribution in [0, 0.1) is 5.92 Å². The van der Waals surface area contributed by atoms with Gasteiger partial charge in [-0.25, -0.2) is 4.79 Å². The predicted octanol–water partition coefficient (Wildman–Crippen LogP) is 2.75. The Morgan fingerprint density at radius 1 is 1.41 bits per heavy atom. The zero-order chi connectivity index (χ0) is 15.2. The summed E-state index contributed by atoms with van der Waals surface area (Å²) < 4.78 is 6.11. The van der Waals surface area contributed by atoms with Gasteiger partial charge >= 0.3 is 0 Å². The lowest BCUT2D eigenvalue weighted by Crippen LogP contribution is -2.36. The maximum absolute atomic E-state index is 11.5. The number of likely N-dealkylation sites (tertiary alicyclic amines) is 1. The van der Waals surface area contributed by atoms with Crippen molar-refractivity contribution in [2.24, 2.45) is 5.92 Å². The van der Waals surface area contributed by atoms with E-state index in [0.717, 1.165) is 31.5 Å². The third-order valence-corrected chi connectivity index (χ3v) is 5.41. The number of fused-ring (bicyclic) bond motifs is 1. The third kappa shape index (κ3) is 2.05. The molecule has 1 aromatic carbocycles. The van der Waals surface area contributed by atoms with Gasteiger partial charge in [0.2, 0.25) is 0 Å². The number of benzene rings is 1. The van der Waals surface area contributed by atoms with E-state index in [2.05, 4.69) is 54.2 Å². The first-order chi connectivity index (χ1) is 10.7. The van der Waals surface area contributed by atoms with Gasteiger partial charge in [-0.3, -0.25) is 0 Å². The molecule has 3 heterocycles. The van der Waals surface area contributed by atoms with Crippen molar-refractivity contribution in [2.75, 3.05) is 6.54 Å². The summed E-state index contributed by atoms with van der Waals surface area (Å²) >= 11 is 0. The molecule has 0 aliphatic carbocycles. The van der Waals surface area contributed by atoms with Gasteiger partial charge in [0, 0.05) is 12.0 Å². The van der Waals surface area contributed by atoms with Crippen LogP contribution < -0.4 is 0 Å². The molecule has 0 N–H and O–H groups in total. The van der Waals surface area contributed by atoms with E-state index in [1.165, 1.54) is 5.56 Å². The number of ether oxygens (including phenoxy) is 1. The summed E-state index contributed by atoms with van der Waals surface area (Å²) in [6.07, 6.45) is 7.52. The minimum Gasteiger partial charge on any atom is -0.361 e. The summed E-state index contributed by atoms with van der Waals surface area (Å²) in [5, 5.41) is 0. The Morgan fingerprint density at radius 3 is 2.95 bits per heavy atom. The van der Waals surface area contributed by atoms with Crippen molar-refractivity contribution in [1.29, 1.82) is 0 Å². The number of rotatable bonds is 4. The van der Waals surface area contributed by atoms with Crippen LogP contribution in [-0.4, -0.2) is 35.1 Å². The van der Waals surface area contributed by atoms with Crippen LogP contribution in [0.5, 0.6) is 0 Å². The van der Waals surface area contributed by atoms with Crippen LogP contribution in [0.4, 0.5) is 0 Å². The molecule has 114 valence electrons. The zero-order valence-electron chi connectivity index (χ0n) is 12.9. The Bertz CT molecular complexity index is 647. The molecule has 0 saturated carbocycles. The monoisotopic (exact) mass is 295 g/mol. The fourth-order valence-corrected chi connectivity index (χ4v) is 4.18. The lowest BCUT2D eigenvalue weighted by molar-refractivity contribution is 0.0201. The van der Waals surface area contributed by atoms with E-state index in [0.29, 0.717) is 6.04 Å². The zero-order valence-corrected chi connectivity index (χ0v) is 12.9. The lowest BCUT2D eigenvalue weighted by atomic mass is 9.84. The summed E-state index contributed by atoms with van der Waals surface area (Å²) in [6, 6.07) is 10.8. The van der Waals surface area contributed by atoms with Gasteiger partial charge < -0.3 is 9.64 Å². The largest absolute Gasteiger partial charge is 0.361 e. The number of hydrogen-bond donors (Lipinski definition) is 0. The summed E-state index contributed by atoms with van der Waals surface area (Å²) in [4.78, 5) is 13.8. The molecule has 1 spiro atoms. The molecule has 2 saturated heterocycles. The van der Waals surface area contributed by atoms with Gasteiger partial charge in [-0.15, -0.1) is 0 Å². The average Bonchev–Trinajstić information content (AvgIpc) is 3.20. The van der Waals surface area contributed by atoms with E-state index in [1.807, 2.05) is 6.07 Å². The standard InChI is InChI=1S/C19H21NO2/c1-14(7-8-15-5-3-2-4-6-15)20-13-19-10-9-16(22-19)11-17(19)18(20)12-21/h2-6,9-10,14,16-17H,7-8,11,13H2,1H3. The van der Waals surface area contributed by atoms with Crippen molar-refractivity contribution in [2.45, 2.75) is 43.9 Å². The molecule has 22 heavy (non-hydrogen) atoms. The molecule has 4 atom stereocenters. The minimum atomic E-state index is -0.252. The van der Waals surface area contributed by atoms with Gasteiger partial charge in [-0.05, 0) is 31.7 Å². The van der Waals surface area contributed by atoms with Crippen LogP contribution in [0.25, 0.3) is 0 Å². The van der Waals surface area contributed by atoms with Gasteiger partial charge in [0.05, 0.1) is 12.6 Å². The van der Waals surface area contributed by atoms with Gasteiger partial charge in [0.25, 0.3) is 0 Å². The quantitative estimate of drug-likeness (QED) is 0.632. The molecule has 0 radical (unpaired) electrons. The SMILES string of the molecule is CC(CCc1ccccc1)N1CC23C=CC(CC2C1=C=O)O3. The van der Waals surface area contributed by atoms with Crippen LogP contribution in [0.1, 0.15) is 25.3 Å². The molecule has 0 amide bonds. The van der Waals surface area contributed by atoms with E-state index >= 15 is 0 Å². The normalized spacial score (nSPS) is 33.1. The average molecular weight is 295 g/mol. The Labute approximate surface area is 131 Å². The highest BCUT2D eigenvalue weighted by Gasteiger charge is 2.58. The predicted molar refractivity (Wildman–Crippen MR) is 85.0 cm³/mol. The smallest absolute Gasteiger partial charge is 0.146 e. The molecule has 3 heteroatoms. The van der Waals surface area contributed by atoms with Crippen molar-refractivity contribution < 1.29 is 9.53 Å². The maximum atomic E-state index is 11.5. The van der Waals surface area contributed by atoms with Crippen LogP contribution in [-0.2, 0) is 16.0 Å². The van der Waals surface area contributed by atoms with Gasteiger partial charge in [0.15, 0.2) is 0 Å². The molecule has 2 bridgehead atoms. The lowest BCUT2D eigenvalue weighted by Gasteiger charge is -2.28. The Hall–Kier alpha value is -1.83. The Balaban J connectivity index is 1.48. The first-order valence-electron chi connectivity index (χ1n) is 8.14. The first kappa shape index (κ1) is 13.8. The molecule has 4 unspecified atom stereocenters. The fraction of sp³-hybridized carbons (Fsp3) is 0.474. The number of aryl methyl sites for hydroxylation is 1. The second-order valence-electron chi connectivity index (χ2n) is 6.75. The van der Waals surface area contributed by atoms with Gasteiger partial charge in [-0.1, -0.05) is 42.5 Å². The molecular formula is C19H21NO2. The van der Waals surface area contributed by atoms with Crippen molar-refractivity contribution in [3.8, 4) is 0 Å². The third-order valence-electron chi connectivity index (χ3n) is 5.41. The van der Waals surface area contributed by atoms with E-state index in [9.17, 15) is 4.79 Å². The molecule has 3 aliphatic heterocycles. The molecular weight excluding hydrogens is 274 g/mol. The van der Waals surface area contributed by atoms with Crippen molar-refractivity contribution in [1.82, 2.24) is 4.90 Å². The summed E-state index contributed by atoms with van der Waals surface area (Å²) in [6.45, 7) is 3.00. The highest BCUT2D eigenvalue weighted by atomic mass is 16.5. The van der Waals surface area contributed by atoms with Crippen LogP contribution in [0.3, 0.4) is 0 Å². The summed E-state index contributed by atoms with van der Waals surface area (Å²) in [7, 11) is 0. The highest BCUT2D eigenvalue weighted by molar-refractivity contribution is 5.57. The topological polar surface area (TPSA) is 29.5 Å². The van der Waals surface area contributed by atoms with Crippen molar-refractivity contribution in [3.05, 3.63) is 53.7 Å². The van der Waals surface area contributed by atoms with Gasteiger partial charge in [0.1, 0.15) is 17.2 Å². The molecule has 2 fully saturated rings. The van der Waals surface area contributed by atoms with Crippen LogP contribution in [0.2, 0.25) is 0 Å². The molecule has 1 aromatic rings.